The number of nitrogens with one attached hydrogen (secondary N) is 1. The monoisotopic (exact) mass is 185 g/mol. The van der Waals surface area contributed by atoms with Crippen molar-refractivity contribution in [3.05, 3.63) is 0 Å². The first-order valence-corrected chi connectivity index (χ1v) is 5.30. The fourth-order valence-electron chi connectivity index (χ4n) is 1.10. The van der Waals surface area contributed by atoms with Crippen LogP contribution >= 0.6 is 0 Å². The molecule has 0 aromatic carbocycles. The molecule has 0 amide bonds. The number of hydrogen-bond donors (Lipinski definition) is 1. The molecule has 0 spiro atoms. The second kappa shape index (κ2) is 7.07. The van der Waals surface area contributed by atoms with Gasteiger partial charge in [-0.1, -0.05) is 27.7 Å². The highest BCUT2D eigenvalue weighted by Gasteiger charge is 2.05. The van der Waals surface area contributed by atoms with E-state index < -0.39 is 0 Å². The summed E-state index contributed by atoms with van der Waals surface area (Å²) in [6.07, 6.45) is 2.88. The molecule has 0 heterocycles. The third-order valence-electron chi connectivity index (χ3n) is 2.05. The molecule has 13 heavy (non-hydrogen) atoms. The van der Waals surface area contributed by atoms with Crippen molar-refractivity contribution in [1.29, 1.82) is 0 Å². The summed E-state index contributed by atoms with van der Waals surface area (Å²) in [7, 11) is 0. The molecule has 0 fully saturated rings. The Bertz CT molecular complexity index is 141. The van der Waals surface area contributed by atoms with Gasteiger partial charge in [0.15, 0.2) is 0 Å². The van der Waals surface area contributed by atoms with Crippen molar-refractivity contribution in [3.8, 4) is 0 Å². The van der Waals surface area contributed by atoms with Crippen molar-refractivity contribution in [3.63, 3.8) is 0 Å². The molecular formula is C11H23NO. The number of unbranched alkanes of at least 4 members (excludes halogenated alkanes) is 1. The van der Waals surface area contributed by atoms with E-state index in [-0.39, 0.29) is 5.92 Å². The summed E-state index contributed by atoms with van der Waals surface area (Å²) in [6, 6.07) is 0.556. The maximum atomic E-state index is 11.2. The van der Waals surface area contributed by atoms with E-state index in [1.807, 2.05) is 13.8 Å². The van der Waals surface area contributed by atoms with Crippen molar-refractivity contribution < 1.29 is 4.79 Å². The highest BCUT2D eigenvalue weighted by Crippen LogP contribution is 2.03. The minimum absolute atomic E-state index is 0.207. The Balaban J connectivity index is 3.21. The van der Waals surface area contributed by atoms with E-state index in [0.717, 1.165) is 25.8 Å². The average molecular weight is 185 g/mol. The van der Waals surface area contributed by atoms with Gasteiger partial charge in [-0.3, -0.25) is 4.79 Å². The number of carbonyl (C=O) groups excluding carboxylic acids is 1. The Morgan fingerprint density at radius 3 is 2.23 bits per heavy atom. The maximum Gasteiger partial charge on any atom is 0.135 e. The van der Waals surface area contributed by atoms with Crippen LogP contribution in [0.25, 0.3) is 0 Å². The van der Waals surface area contributed by atoms with Crippen LogP contribution in [-0.4, -0.2) is 18.4 Å². The van der Waals surface area contributed by atoms with Crippen LogP contribution < -0.4 is 5.32 Å². The van der Waals surface area contributed by atoms with Crippen LogP contribution in [0.4, 0.5) is 0 Å². The van der Waals surface area contributed by atoms with E-state index in [1.165, 1.54) is 0 Å². The SMILES string of the molecule is CC(C)NCCCCC(=O)C(C)C. The molecule has 2 heteroatoms. The Morgan fingerprint density at radius 2 is 1.77 bits per heavy atom. The zero-order chi connectivity index (χ0) is 10.3. The maximum absolute atomic E-state index is 11.2. The molecule has 0 saturated heterocycles. The van der Waals surface area contributed by atoms with Crippen molar-refractivity contribution >= 4 is 5.78 Å². The van der Waals surface area contributed by atoms with E-state index in [1.54, 1.807) is 0 Å². The first-order valence-electron chi connectivity index (χ1n) is 5.30. The van der Waals surface area contributed by atoms with Crippen molar-refractivity contribution in [2.24, 2.45) is 5.92 Å². The Morgan fingerprint density at radius 1 is 1.15 bits per heavy atom. The third-order valence-corrected chi connectivity index (χ3v) is 2.05. The highest BCUT2D eigenvalue weighted by molar-refractivity contribution is 5.80. The van der Waals surface area contributed by atoms with Crippen LogP contribution in [0.15, 0.2) is 0 Å². The number of carbonyl (C=O) groups is 1. The van der Waals surface area contributed by atoms with E-state index in [4.69, 9.17) is 0 Å². The molecule has 0 aliphatic heterocycles. The summed E-state index contributed by atoms with van der Waals surface area (Å²) in [6.45, 7) is 9.24. The number of rotatable bonds is 7. The lowest BCUT2D eigenvalue weighted by atomic mass is 10.0. The smallest absolute Gasteiger partial charge is 0.135 e. The zero-order valence-electron chi connectivity index (χ0n) is 9.39. The van der Waals surface area contributed by atoms with Gasteiger partial charge in [-0.25, -0.2) is 0 Å². The van der Waals surface area contributed by atoms with Crippen molar-refractivity contribution in [2.45, 2.75) is 53.0 Å². The van der Waals surface area contributed by atoms with Crippen molar-refractivity contribution in [2.75, 3.05) is 6.54 Å². The minimum Gasteiger partial charge on any atom is -0.315 e. The summed E-state index contributed by atoms with van der Waals surface area (Å²) in [5.41, 5.74) is 0. The minimum atomic E-state index is 0.207. The summed E-state index contributed by atoms with van der Waals surface area (Å²) < 4.78 is 0. The topological polar surface area (TPSA) is 29.1 Å². The molecule has 78 valence electrons. The molecule has 2 nitrogen and oxygen atoms in total. The lowest BCUT2D eigenvalue weighted by Gasteiger charge is -2.07. The second-order valence-corrected chi connectivity index (χ2v) is 4.19. The fourth-order valence-corrected chi connectivity index (χ4v) is 1.10. The molecule has 0 bridgehead atoms. The predicted octanol–water partition coefficient (Wildman–Crippen LogP) is 2.38. The number of hydrogen-bond acceptors (Lipinski definition) is 2. The van der Waals surface area contributed by atoms with Crippen LogP contribution in [0.3, 0.4) is 0 Å². The predicted molar refractivity (Wildman–Crippen MR) is 56.8 cm³/mol. The Kier molecular flexibility index (Phi) is 6.87. The quantitative estimate of drug-likeness (QED) is 0.617. The Hall–Kier alpha value is -0.370. The van der Waals surface area contributed by atoms with Crippen LogP contribution in [0.1, 0.15) is 47.0 Å². The van der Waals surface area contributed by atoms with Gasteiger partial charge in [0.1, 0.15) is 5.78 Å². The average Bonchev–Trinajstić information content (AvgIpc) is 2.02. The summed E-state index contributed by atoms with van der Waals surface area (Å²) in [5.74, 6) is 0.600. The van der Waals surface area contributed by atoms with Gasteiger partial charge in [-0.2, -0.15) is 0 Å². The van der Waals surface area contributed by atoms with Crippen molar-refractivity contribution in [1.82, 2.24) is 5.32 Å². The van der Waals surface area contributed by atoms with E-state index in [0.29, 0.717) is 11.8 Å². The first kappa shape index (κ1) is 12.6. The summed E-state index contributed by atoms with van der Waals surface area (Å²) in [4.78, 5) is 11.2. The van der Waals surface area contributed by atoms with Gasteiger partial charge < -0.3 is 5.32 Å². The molecule has 0 rings (SSSR count). The standard InChI is InChI=1S/C11H23NO/c1-9(2)11(13)7-5-6-8-12-10(3)4/h9-10,12H,5-8H2,1-4H3. The van der Waals surface area contributed by atoms with Gasteiger partial charge in [0, 0.05) is 18.4 Å². The van der Waals surface area contributed by atoms with E-state index in [2.05, 4.69) is 19.2 Å². The van der Waals surface area contributed by atoms with Gasteiger partial charge in [-0.15, -0.1) is 0 Å². The van der Waals surface area contributed by atoms with Gasteiger partial charge in [0.05, 0.1) is 0 Å². The number of ketones is 1. The number of Topliss-reactive ketones (excluding diaryl/α,β-unsaturated/α-hetero) is 1. The molecule has 1 N–H and O–H groups in total. The van der Waals surface area contributed by atoms with E-state index >= 15 is 0 Å². The first-order chi connectivity index (χ1) is 6.04. The van der Waals surface area contributed by atoms with Crippen LogP contribution in [-0.2, 0) is 4.79 Å². The Labute approximate surface area is 82.1 Å². The molecule has 0 atom stereocenters. The molecule has 0 radical (unpaired) electrons. The molecule has 0 unspecified atom stereocenters. The largest absolute Gasteiger partial charge is 0.315 e. The molecule has 0 aromatic rings. The molecule has 0 aliphatic carbocycles. The normalized spacial score (nSPS) is 11.2. The van der Waals surface area contributed by atoms with E-state index in [9.17, 15) is 4.79 Å². The highest BCUT2D eigenvalue weighted by atomic mass is 16.1. The van der Waals surface area contributed by atoms with Crippen LogP contribution in [0.2, 0.25) is 0 Å². The lowest BCUT2D eigenvalue weighted by molar-refractivity contribution is -0.122. The van der Waals surface area contributed by atoms with Gasteiger partial charge in [0.2, 0.25) is 0 Å². The molecule has 0 aliphatic rings. The molecule has 0 saturated carbocycles. The second-order valence-electron chi connectivity index (χ2n) is 4.19. The van der Waals surface area contributed by atoms with Gasteiger partial charge in [-0.05, 0) is 19.4 Å². The zero-order valence-corrected chi connectivity index (χ0v) is 9.39. The molecule has 0 aromatic heterocycles. The molecular weight excluding hydrogens is 162 g/mol. The van der Waals surface area contributed by atoms with Gasteiger partial charge >= 0.3 is 0 Å². The summed E-state index contributed by atoms with van der Waals surface area (Å²) in [5, 5.41) is 3.34. The lowest BCUT2D eigenvalue weighted by Crippen LogP contribution is -2.23. The fraction of sp³-hybridized carbons (Fsp3) is 0.909. The van der Waals surface area contributed by atoms with Gasteiger partial charge in [0.25, 0.3) is 0 Å². The van der Waals surface area contributed by atoms with Crippen LogP contribution in [0.5, 0.6) is 0 Å². The van der Waals surface area contributed by atoms with Crippen LogP contribution in [0, 0.1) is 5.92 Å². The third kappa shape index (κ3) is 7.97. The summed E-state index contributed by atoms with van der Waals surface area (Å²) >= 11 is 0.